The SMILES string of the molecule is C[C@@H](NC(=O)c1cnn2cc(CCO)cnc12)c1ccc(O)c(F)c1. The summed E-state index contributed by atoms with van der Waals surface area (Å²) >= 11 is 0. The number of carbonyl (C=O) groups excluding carboxylic acids is 1. The molecule has 1 amide bonds. The normalized spacial score (nSPS) is 12.3. The molecule has 8 heteroatoms. The summed E-state index contributed by atoms with van der Waals surface area (Å²) in [4.78, 5) is 16.7. The van der Waals surface area contributed by atoms with Gasteiger partial charge < -0.3 is 15.5 Å². The molecule has 0 radical (unpaired) electrons. The van der Waals surface area contributed by atoms with Crippen molar-refractivity contribution in [3.63, 3.8) is 0 Å². The average molecular weight is 344 g/mol. The van der Waals surface area contributed by atoms with E-state index in [1.54, 1.807) is 25.4 Å². The first-order chi connectivity index (χ1) is 12.0. The lowest BCUT2D eigenvalue weighted by molar-refractivity contribution is 0.0941. The van der Waals surface area contributed by atoms with Crippen LogP contribution in [0.4, 0.5) is 4.39 Å². The lowest BCUT2D eigenvalue weighted by Gasteiger charge is -2.14. The summed E-state index contributed by atoms with van der Waals surface area (Å²) < 4.78 is 14.9. The largest absolute Gasteiger partial charge is 0.505 e. The van der Waals surface area contributed by atoms with E-state index in [-0.39, 0.29) is 6.61 Å². The van der Waals surface area contributed by atoms with Crippen molar-refractivity contribution >= 4 is 11.6 Å². The van der Waals surface area contributed by atoms with Crippen LogP contribution >= 0.6 is 0 Å². The first kappa shape index (κ1) is 16.8. The third kappa shape index (κ3) is 3.43. The summed E-state index contributed by atoms with van der Waals surface area (Å²) in [5.74, 6) is -1.57. The summed E-state index contributed by atoms with van der Waals surface area (Å²) in [6.07, 6.45) is 5.15. The van der Waals surface area contributed by atoms with Crippen LogP contribution in [-0.4, -0.2) is 37.3 Å². The summed E-state index contributed by atoms with van der Waals surface area (Å²) in [5, 5.41) is 25.1. The molecule has 2 aromatic heterocycles. The number of amides is 1. The zero-order chi connectivity index (χ0) is 18.0. The Balaban J connectivity index is 1.80. The van der Waals surface area contributed by atoms with Crippen LogP contribution in [0.2, 0.25) is 0 Å². The number of fused-ring (bicyclic) bond motifs is 1. The lowest BCUT2D eigenvalue weighted by Crippen LogP contribution is -2.26. The van der Waals surface area contributed by atoms with Crippen molar-refractivity contribution in [1.29, 1.82) is 0 Å². The number of nitrogens with zero attached hydrogens (tertiary/aromatic N) is 3. The van der Waals surface area contributed by atoms with Gasteiger partial charge in [0.2, 0.25) is 0 Å². The highest BCUT2D eigenvalue weighted by Gasteiger charge is 2.17. The molecule has 0 unspecified atom stereocenters. The topological polar surface area (TPSA) is 99.8 Å². The van der Waals surface area contributed by atoms with Gasteiger partial charge >= 0.3 is 0 Å². The molecule has 7 nitrogen and oxygen atoms in total. The Labute approximate surface area is 142 Å². The second-order valence-electron chi connectivity index (χ2n) is 5.67. The summed E-state index contributed by atoms with van der Waals surface area (Å²) in [5.41, 5.74) is 2.02. The molecule has 3 N–H and O–H groups in total. The Hall–Kier alpha value is -3.00. The van der Waals surface area contributed by atoms with E-state index in [1.807, 2.05) is 0 Å². The van der Waals surface area contributed by atoms with E-state index in [0.29, 0.717) is 23.2 Å². The molecule has 2 heterocycles. The average Bonchev–Trinajstić information content (AvgIpc) is 3.01. The number of carbonyl (C=O) groups is 1. The number of benzene rings is 1. The second-order valence-corrected chi connectivity index (χ2v) is 5.67. The van der Waals surface area contributed by atoms with E-state index >= 15 is 0 Å². The van der Waals surface area contributed by atoms with E-state index in [1.165, 1.54) is 22.8 Å². The van der Waals surface area contributed by atoms with Gasteiger partial charge in [-0.3, -0.25) is 4.79 Å². The van der Waals surface area contributed by atoms with Crippen LogP contribution in [0.5, 0.6) is 5.75 Å². The number of aromatic nitrogens is 3. The van der Waals surface area contributed by atoms with Crippen molar-refractivity contribution < 1.29 is 19.4 Å². The van der Waals surface area contributed by atoms with Gasteiger partial charge in [0.1, 0.15) is 5.56 Å². The molecule has 0 aliphatic carbocycles. The quantitative estimate of drug-likeness (QED) is 0.653. The summed E-state index contributed by atoms with van der Waals surface area (Å²) in [6, 6.07) is 3.49. The minimum atomic E-state index is -0.743. The van der Waals surface area contributed by atoms with Gasteiger partial charge in [-0.1, -0.05) is 6.07 Å². The number of phenols is 1. The molecule has 1 aromatic carbocycles. The molecule has 0 bridgehead atoms. The fourth-order valence-electron chi connectivity index (χ4n) is 2.48. The zero-order valence-electron chi connectivity index (χ0n) is 13.5. The molecular formula is C17H17FN4O3. The number of phenolic OH excluding ortho intramolecular Hbond substituents is 1. The maximum absolute atomic E-state index is 13.5. The van der Waals surface area contributed by atoms with Crippen LogP contribution in [0.3, 0.4) is 0 Å². The van der Waals surface area contributed by atoms with Crippen LogP contribution in [0.15, 0.2) is 36.8 Å². The minimum Gasteiger partial charge on any atom is -0.505 e. The van der Waals surface area contributed by atoms with Crippen LogP contribution in [0.25, 0.3) is 5.65 Å². The van der Waals surface area contributed by atoms with Gasteiger partial charge in [-0.15, -0.1) is 0 Å². The number of halogens is 1. The monoisotopic (exact) mass is 344 g/mol. The van der Waals surface area contributed by atoms with Crippen LogP contribution in [-0.2, 0) is 6.42 Å². The molecule has 0 aliphatic rings. The van der Waals surface area contributed by atoms with E-state index < -0.39 is 23.5 Å². The van der Waals surface area contributed by atoms with Gasteiger partial charge in [-0.2, -0.15) is 5.10 Å². The van der Waals surface area contributed by atoms with Crippen molar-refractivity contribution in [3.05, 3.63) is 59.3 Å². The molecule has 25 heavy (non-hydrogen) atoms. The molecule has 130 valence electrons. The maximum Gasteiger partial charge on any atom is 0.257 e. The predicted molar refractivity (Wildman–Crippen MR) is 87.7 cm³/mol. The fourth-order valence-corrected chi connectivity index (χ4v) is 2.48. The highest BCUT2D eigenvalue weighted by atomic mass is 19.1. The molecular weight excluding hydrogens is 327 g/mol. The van der Waals surface area contributed by atoms with Crippen LogP contribution in [0, 0.1) is 5.82 Å². The van der Waals surface area contributed by atoms with E-state index in [2.05, 4.69) is 15.4 Å². The van der Waals surface area contributed by atoms with Crippen molar-refractivity contribution in [1.82, 2.24) is 19.9 Å². The summed E-state index contributed by atoms with van der Waals surface area (Å²) in [6.45, 7) is 1.71. The zero-order valence-corrected chi connectivity index (χ0v) is 13.5. The lowest BCUT2D eigenvalue weighted by atomic mass is 10.1. The molecule has 3 rings (SSSR count). The van der Waals surface area contributed by atoms with E-state index in [0.717, 1.165) is 5.56 Å². The van der Waals surface area contributed by atoms with Gasteiger partial charge in [0, 0.05) is 19.0 Å². The molecule has 0 fully saturated rings. The van der Waals surface area contributed by atoms with Crippen molar-refractivity contribution in [2.75, 3.05) is 6.61 Å². The predicted octanol–water partition coefficient (Wildman–Crippen LogP) is 1.60. The molecule has 0 saturated carbocycles. The first-order valence-corrected chi connectivity index (χ1v) is 7.72. The number of aliphatic hydroxyl groups is 1. The summed E-state index contributed by atoms with van der Waals surface area (Å²) in [7, 11) is 0. The highest BCUT2D eigenvalue weighted by Crippen LogP contribution is 2.21. The number of rotatable bonds is 5. The number of aliphatic hydroxyl groups excluding tert-OH is 1. The maximum atomic E-state index is 13.5. The Morgan fingerprint density at radius 2 is 2.20 bits per heavy atom. The first-order valence-electron chi connectivity index (χ1n) is 7.72. The molecule has 0 spiro atoms. The number of aromatic hydroxyl groups is 1. The van der Waals surface area contributed by atoms with Crippen molar-refractivity contribution in [2.24, 2.45) is 0 Å². The van der Waals surface area contributed by atoms with Gasteiger partial charge in [-0.25, -0.2) is 13.9 Å². The number of nitrogens with one attached hydrogen (secondary N) is 1. The molecule has 0 saturated heterocycles. The standard InChI is InChI=1S/C17H17FN4O3/c1-10(12-2-3-15(24)14(18)6-12)21-17(25)13-8-20-22-9-11(4-5-23)7-19-16(13)22/h2-3,6-10,23-24H,4-5H2,1H3,(H,21,25)/t10-/m1/s1. The van der Waals surface area contributed by atoms with Crippen molar-refractivity contribution in [3.8, 4) is 5.75 Å². The van der Waals surface area contributed by atoms with Gasteiger partial charge in [-0.05, 0) is 36.6 Å². The Morgan fingerprint density at radius 1 is 1.40 bits per heavy atom. The minimum absolute atomic E-state index is 0.00248. The molecule has 1 atom stereocenters. The number of hydrogen-bond donors (Lipinski definition) is 3. The Morgan fingerprint density at radius 3 is 2.92 bits per heavy atom. The van der Waals surface area contributed by atoms with Gasteiger partial charge in [0.05, 0.1) is 12.2 Å². The Kier molecular flexibility index (Phi) is 4.62. The fraction of sp³-hybridized carbons (Fsp3) is 0.235. The van der Waals surface area contributed by atoms with Crippen LogP contribution in [0.1, 0.15) is 34.5 Å². The molecule has 0 aliphatic heterocycles. The third-order valence-corrected chi connectivity index (χ3v) is 3.87. The number of hydrogen-bond acceptors (Lipinski definition) is 5. The van der Waals surface area contributed by atoms with Gasteiger partial charge in [0.25, 0.3) is 5.91 Å². The van der Waals surface area contributed by atoms with E-state index in [9.17, 15) is 14.3 Å². The highest BCUT2D eigenvalue weighted by molar-refractivity contribution is 5.99. The Bertz CT molecular complexity index is 925. The third-order valence-electron chi connectivity index (χ3n) is 3.87. The second kappa shape index (κ2) is 6.86. The van der Waals surface area contributed by atoms with Crippen LogP contribution < -0.4 is 5.32 Å². The van der Waals surface area contributed by atoms with Crippen molar-refractivity contribution in [2.45, 2.75) is 19.4 Å². The van der Waals surface area contributed by atoms with E-state index in [4.69, 9.17) is 5.11 Å². The molecule has 3 aromatic rings. The van der Waals surface area contributed by atoms with Gasteiger partial charge in [0.15, 0.2) is 17.2 Å². The smallest absolute Gasteiger partial charge is 0.257 e.